The molecule has 1 aliphatic rings. The highest BCUT2D eigenvalue weighted by Crippen LogP contribution is 2.38. The van der Waals surface area contributed by atoms with E-state index >= 15 is 0 Å². The maximum atomic E-state index is 5.51. The second-order valence-electron chi connectivity index (χ2n) is 5.64. The lowest BCUT2D eigenvalue weighted by molar-refractivity contribution is 0.354. The van der Waals surface area contributed by atoms with Crippen LogP contribution in [0.15, 0.2) is 30.3 Å². The van der Waals surface area contributed by atoms with Crippen LogP contribution in [-0.2, 0) is 12.8 Å². The van der Waals surface area contributed by atoms with E-state index < -0.39 is 0 Å². The Kier molecular flexibility index (Phi) is 4.72. The lowest BCUT2D eigenvalue weighted by Gasteiger charge is -2.17. The molecule has 0 saturated carbocycles. The molecular formula is C19H23NO3. The Bertz CT molecular complexity index is 697. The molecule has 0 atom stereocenters. The number of hydrogen-bond acceptors (Lipinski definition) is 4. The Balaban J connectivity index is 2.22. The molecule has 1 N–H and O–H groups in total. The largest absolute Gasteiger partial charge is 0.497 e. The van der Waals surface area contributed by atoms with Crippen LogP contribution in [0.3, 0.4) is 0 Å². The molecule has 2 aromatic carbocycles. The van der Waals surface area contributed by atoms with E-state index in [1.807, 2.05) is 6.07 Å². The average molecular weight is 313 g/mol. The van der Waals surface area contributed by atoms with Crippen molar-refractivity contribution in [3.63, 3.8) is 0 Å². The fourth-order valence-electron chi connectivity index (χ4n) is 3.10. The molecule has 0 saturated heterocycles. The topological polar surface area (TPSA) is 39.7 Å². The molecule has 0 radical (unpaired) electrons. The van der Waals surface area contributed by atoms with Crippen LogP contribution in [0.5, 0.6) is 17.2 Å². The van der Waals surface area contributed by atoms with Gasteiger partial charge in [0.25, 0.3) is 0 Å². The van der Waals surface area contributed by atoms with Crippen LogP contribution in [0, 0.1) is 0 Å². The quantitative estimate of drug-likeness (QED) is 0.945. The Morgan fingerprint density at radius 2 is 1.39 bits per heavy atom. The maximum absolute atomic E-state index is 5.51. The van der Waals surface area contributed by atoms with E-state index in [0.717, 1.165) is 43.2 Å². The standard InChI is InChI=1S/C19H23NO3/c1-21-15-5-4-13-6-8-20-9-7-14-10-18(22-2)19(23-3)12-17(14)16(13)11-15/h4-5,10-12,20H,6-9H2,1-3H3. The molecule has 0 aliphatic carbocycles. The van der Waals surface area contributed by atoms with Crippen molar-refractivity contribution in [3.05, 3.63) is 41.5 Å². The second-order valence-corrected chi connectivity index (χ2v) is 5.64. The van der Waals surface area contributed by atoms with Crippen molar-refractivity contribution in [2.24, 2.45) is 0 Å². The van der Waals surface area contributed by atoms with Crippen molar-refractivity contribution in [2.75, 3.05) is 34.4 Å². The summed E-state index contributed by atoms with van der Waals surface area (Å²) < 4.78 is 16.4. The van der Waals surface area contributed by atoms with E-state index in [-0.39, 0.29) is 0 Å². The third-order valence-electron chi connectivity index (χ3n) is 4.36. The minimum absolute atomic E-state index is 0.757. The van der Waals surface area contributed by atoms with Crippen molar-refractivity contribution in [2.45, 2.75) is 12.8 Å². The minimum atomic E-state index is 0.757. The summed E-state index contributed by atoms with van der Waals surface area (Å²) in [6, 6.07) is 10.5. The zero-order chi connectivity index (χ0) is 16.2. The number of methoxy groups -OCH3 is 3. The second kappa shape index (κ2) is 6.92. The number of rotatable bonds is 3. The molecule has 122 valence electrons. The summed E-state index contributed by atoms with van der Waals surface area (Å²) in [6.07, 6.45) is 1.94. The predicted molar refractivity (Wildman–Crippen MR) is 91.8 cm³/mol. The zero-order valence-corrected chi connectivity index (χ0v) is 13.9. The smallest absolute Gasteiger partial charge is 0.161 e. The molecule has 23 heavy (non-hydrogen) atoms. The molecule has 0 bridgehead atoms. The number of fused-ring (bicyclic) bond motifs is 3. The highest BCUT2D eigenvalue weighted by atomic mass is 16.5. The van der Waals surface area contributed by atoms with Gasteiger partial charge in [-0.05, 0) is 72.5 Å². The average Bonchev–Trinajstić information content (AvgIpc) is 2.68. The van der Waals surface area contributed by atoms with Gasteiger partial charge in [0.2, 0.25) is 0 Å². The van der Waals surface area contributed by atoms with Gasteiger partial charge in [-0.2, -0.15) is 0 Å². The predicted octanol–water partition coefficient (Wildman–Crippen LogP) is 3.07. The van der Waals surface area contributed by atoms with Crippen LogP contribution in [0.2, 0.25) is 0 Å². The zero-order valence-electron chi connectivity index (χ0n) is 13.9. The summed E-state index contributed by atoms with van der Waals surface area (Å²) in [7, 11) is 5.05. The molecule has 4 nitrogen and oxygen atoms in total. The number of nitrogens with one attached hydrogen (secondary N) is 1. The van der Waals surface area contributed by atoms with E-state index in [1.165, 1.54) is 22.3 Å². The summed E-state index contributed by atoms with van der Waals surface area (Å²) in [5.74, 6) is 2.40. The Morgan fingerprint density at radius 1 is 0.739 bits per heavy atom. The molecule has 1 aliphatic heterocycles. The normalized spacial score (nSPS) is 13.9. The van der Waals surface area contributed by atoms with Gasteiger partial charge >= 0.3 is 0 Å². The highest BCUT2D eigenvalue weighted by molar-refractivity contribution is 5.75. The molecule has 0 unspecified atom stereocenters. The first kappa shape index (κ1) is 15.7. The molecule has 0 spiro atoms. The van der Waals surface area contributed by atoms with Crippen LogP contribution < -0.4 is 19.5 Å². The Labute approximate surface area is 137 Å². The van der Waals surface area contributed by atoms with E-state index in [4.69, 9.17) is 14.2 Å². The molecule has 2 aromatic rings. The highest BCUT2D eigenvalue weighted by Gasteiger charge is 2.17. The third kappa shape index (κ3) is 3.13. The molecule has 0 fully saturated rings. The van der Waals surface area contributed by atoms with Gasteiger partial charge in [-0.25, -0.2) is 0 Å². The summed E-state index contributed by atoms with van der Waals surface area (Å²) in [6.45, 7) is 1.93. The van der Waals surface area contributed by atoms with Gasteiger partial charge in [0.05, 0.1) is 21.3 Å². The first-order valence-electron chi connectivity index (χ1n) is 7.89. The van der Waals surface area contributed by atoms with Gasteiger partial charge in [0.15, 0.2) is 11.5 Å². The van der Waals surface area contributed by atoms with Crippen molar-refractivity contribution in [3.8, 4) is 28.4 Å². The first-order chi connectivity index (χ1) is 11.3. The summed E-state index contributed by atoms with van der Waals surface area (Å²) in [5, 5.41) is 3.50. The lowest BCUT2D eigenvalue weighted by atomic mass is 9.92. The number of hydrogen-bond donors (Lipinski definition) is 1. The van der Waals surface area contributed by atoms with Gasteiger partial charge in [-0.1, -0.05) is 6.07 Å². The van der Waals surface area contributed by atoms with Gasteiger partial charge in [0, 0.05) is 0 Å². The van der Waals surface area contributed by atoms with Crippen LogP contribution in [0.25, 0.3) is 11.1 Å². The lowest BCUT2D eigenvalue weighted by Crippen LogP contribution is -2.19. The van der Waals surface area contributed by atoms with Gasteiger partial charge in [-0.3, -0.25) is 0 Å². The molecule has 0 amide bonds. The number of benzene rings is 2. The SMILES string of the molecule is COc1ccc2c(c1)-c1cc(OC)c(OC)cc1CCNCC2. The monoisotopic (exact) mass is 313 g/mol. The molecule has 4 heteroatoms. The van der Waals surface area contributed by atoms with Crippen molar-refractivity contribution in [1.82, 2.24) is 5.32 Å². The fourth-order valence-corrected chi connectivity index (χ4v) is 3.10. The van der Waals surface area contributed by atoms with E-state index in [9.17, 15) is 0 Å². The molecule has 3 rings (SSSR count). The van der Waals surface area contributed by atoms with E-state index in [1.54, 1.807) is 21.3 Å². The molecule has 0 aromatic heterocycles. The first-order valence-corrected chi connectivity index (χ1v) is 7.89. The van der Waals surface area contributed by atoms with Gasteiger partial charge in [0.1, 0.15) is 5.75 Å². The maximum Gasteiger partial charge on any atom is 0.161 e. The number of ether oxygens (including phenoxy) is 3. The van der Waals surface area contributed by atoms with Crippen molar-refractivity contribution < 1.29 is 14.2 Å². The Hall–Kier alpha value is -2.20. The third-order valence-corrected chi connectivity index (χ3v) is 4.36. The minimum Gasteiger partial charge on any atom is -0.497 e. The van der Waals surface area contributed by atoms with Crippen LogP contribution in [-0.4, -0.2) is 34.4 Å². The molecular weight excluding hydrogens is 290 g/mol. The summed E-state index contributed by atoms with van der Waals surface area (Å²) >= 11 is 0. The fraction of sp³-hybridized carbons (Fsp3) is 0.368. The van der Waals surface area contributed by atoms with Gasteiger partial charge < -0.3 is 19.5 Å². The van der Waals surface area contributed by atoms with E-state index in [0.29, 0.717) is 0 Å². The van der Waals surface area contributed by atoms with Crippen molar-refractivity contribution in [1.29, 1.82) is 0 Å². The Morgan fingerprint density at radius 3 is 2.09 bits per heavy atom. The summed E-state index contributed by atoms with van der Waals surface area (Å²) in [5.41, 5.74) is 4.98. The summed E-state index contributed by atoms with van der Waals surface area (Å²) in [4.78, 5) is 0. The van der Waals surface area contributed by atoms with Gasteiger partial charge in [-0.15, -0.1) is 0 Å². The molecule has 1 heterocycles. The van der Waals surface area contributed by atoms with Crippen LogP contribution in [0.4, 0.5) is 0 Å². The van der Waals surface area contributed by atoms with E-state index in [2.05, 4.69) is 29.6 Å². The van der Waals surface area contributed by atoms with Crippen molar-refractivity contribution >= 4 is 0 Å². The van der Waals surface area contributed by atoms with Crippen LogP contribution >= 0.6 is 0 Å². The van der Waals surface area contributed by atoms with Crippen LogP contribution in [0.1, 0.15) is 11.1 Å².